The van der Waals surface area contributed by atoms with E-state index in [1.165, 1.54) is 5.56 Å². The van der Waals surface area contributed by atoms with Crippen LogP contribution in [-0.4, -0.2) is 22.1 Å². The van der Waals surface area contributed by atoms with Crippen molar-refractivity contribution in [3.05, 3.63) is 47.5 Å². The molecule has 0 bridgehead atoms. The molecule has 0 amide bonds. The van der Waals surface area contributed by atoms with Crippen molar-refractivity contribution >= 4 is 11.4 Å². The lowest BCUT2D eigenvalue weighted by atomic mass is 10.1. The minimum Gasteiger partial charge on any atom is -0.390 e. The Morgan fingerprint density at radius 1 is 1.19 bits per heavy atom. The summed E-state index contributed by atoms with van der Waals surface area (Å²) in [7, 11) is 1.97. The second-order valence-electron chi connectivity index (χ2n) is 5.45. The Kier molecular flexibility index (Phi) is 4.91. The molecule has 0 unspecified atom stereocenters. The van der Waals surface area contributed by atoms with Gasteiger partial charge in [0.2, 0.25) is 0 Å². The molecule has 1 N–H and O–H groups in total. The molecule has 4 nitrogen and oxygen atoms in total. The summed E-state index contributed by atoms with van der Waals surface area (Å²) in [6.07, 6.45) is 2.82. The van der Waals surface area contributed by atoms with E-state index < -0.39 is 0 Å². The summed E-state index contributed by atoms with van der Waals surface area (Å²) in [6.45, 7) is 6.14. The molecule has 0 atom stereocenters. The highest BCUT2D eigenvalue weighted by atomic mass is 16.3. The molecule has 2 rings (SSSR count). The van der Waals surface area contributed by atoms with Gasteiger partial charge >= 0.3 is 0 Å². The van der Waals surface area contributed by atoms with Crippen LogP contribution in [0.2, 0.25) is 0 Å². The van der Waals surface area contributed by atoms with Crippen LogP contribution in [0.25, 0.3) is 0 Å². The van der Waals surface area contributed by atoms with Gasteiger partial charge in [-0.15, -0.1) is 0 Å². The molecule has 1 heterocycles. The first-order valence-corrected chi connectivity index (χ1v) is 7.36. The summed E-state index contributed by atoms with van der Waals surface area (Å²) < 4.78 is 0. The van der Waals surface area contributed by atoms with E-state index in [9.17, 15) is 5.11 Å². The highest BCUT2D eigenvalue weighted by Crippen LogP contribution is 2.27. The molecular weight excluding hydrogens is 262 g/mol. The summed E-state index contributed by atoms with van der Waals surface area (Å²) in [4.78, 5) is 10.9. The topological polar surface area (TPSA) is 49.2 Å². The van der Waals surface area contributed by atoms with Gasteiger partial charge in [0.15, 0.2) is 0 Å². The first kappa shape index (κ1) is 15.4. The first-order chi connectivity index (χ1) is 10.1. The lowest BCUT2D eigenvalue weighted by molar-refractivity contribution is 0.276. The van der Waals surface area contributed by atoms with Gasteiger partial charge in [-0.05, 0) is 24.1 Å². The predicted octanol–water partition coefficient (Wildman–Crippen LogP) is 3.42. The molecule has 2 aromatic rings. The third-order valence-corrected chi connectivity index (χ3v) is 3.62. The number of nitrogens with zero attached hydrogens (tertiary/aromatic N) is 3. The molecule has 0 spiro atoms. The Morgan fingerprint density at radius 2 is 1.86 bits per heavy atom. The maximum Gasteiger partial charge on any atom is 0.131 e. The number of hydrogen-bond acceptors (Lipinski definition) is 4. The molecule has 1 aromatic carbocycles. The van der Waals surface area contributed by atoms with Gasteiger partial charge in [0.05, 0.1) is 24.2 Å². The van der Waals surface area contributed by atoms with Crippen molar-refractivity contribution in [3.8, 4) is 0 Å². The van der Waals surface area contributed by atoms with Gasteiger partial charge < -0.3 is 10.0 Å². The van der Waals surface area contributed by atoms with Gasteiger partial charge in [-0.3, -0.25) is 0 Å². The van der Waals surface area contributed by atoms with Crippen LogP contribution in [0.3, 0.4) is 0 Å². The van der Waals surface area contributed by atoms with E-state index in [4.69, 9.17) is 0 Å². The normalized spacial score (nSPS) is 11.0. The molecular formula is C17H23N3O. The summed E-state index contributed by atoms with van der Waals surface area (Å²) in [5, 5.41) is 9.59. The number of anilines is 2. The average molecular weight is 285 g/mol. The Morgan fingerprint density at radius 3 is 2.38 bits per heavy atom. The van der Waals surface area contributed by atoms with Crippen LogP contribution >= 0.6 is 0 Å². The van der Waals surface area contributed by atoms with Gasteiger partial charge in [0, 0.05) is 18.7 Å². The van der Waals surface area contributed by atoms with Crippen LogP contribution in [0, 0.1) is 0 Å². The highest BCUT2D eigenvalue weighted by Gasteiger charge is 2.13. The number of rotatable bonds is 5. The van der Waals surface area contributed by atoms with Crippen LogP contribution in [-0.2, 0) is 13.0 Å². The molecule has 0 aliphatic carbocycles. The molecule has 21 heavy (non-hydrogen) atoms. The average Bonchev–Trinajstić information content (AvgIpc) is 2.53. The molecule has 0 fully saturated rings. The van der Waals surface area contributed by atoms with Crippen LogP contribution < -0.4 is 4.90 Å². The zero-order chi connectivity index (χ0) is 15.4. The molecule has 1 aromatic heterocycles. The molecule has 0 saturated heterocycles. The monoisotopic (exact) mass is 285 g/mol. The Labute approximate surface area is 126 Å². The molecule has 0 saturated carbocycles. The minimum absolute atomic E-state index is 0.0883. The SMILES string of the molecule is CCc1ccc(N(C)c2cnc(C(C)C)nc2CO)cc1. The maximum absolute atomic E-state index is 9.59. The van der Waals surface area contributed by atoms with Crippen molar-refractivity contribution in [3.63, 3.8) is 0 Å². The fourth-order valence-corrected chi connectivity index (χ4v) is 2.20. The highest BCUT2D eigenvalue weighted by molar-refractivity contribution is 5.63. The largest absolute Gasteiger partial charge is 0.390 e. The molecule has 112 valence electrons. The van der Waals surface area contributed by atoms with Gasteiger partial charge in [0.1, 0.15) is 5.82 Å². The third kappa shape index (κ3) is 3.39. The van der Waals surface area contributed by atoms with Gasteiger partial charge in [-0.1, -0.05) is 32.9 Å². The van der Waals surface area contributed by atoms with E-state index in [-0.39, 0.29) is 12.5 Å². The Hall–Kier alpha value is -1.94. The lowest BCUT2D eigenvalue weighted by Gasteiger charge is -2.22. The van der Waals surface area contributed by atoms with Crippen LogP contribution in [0.5, 0.6) is 0 Å². The molecule has 0 aliphatic rings. The smallest absolute Gasteiger partial charge is 0.131 e. The van der Waals surface area contributed by atoms with E-state index in [2.05, 4.69) is 41.2 Å². The second kappa shape index (κ2) is 6.68. The van der Waals surface area contributed by atoms with Crippen LogP contribution in [0.4, 0.5) is 11.4 Å². The second-order valence-corrected chi connectivity index (χ2v) is 5.45. The van der Waals surface area contributed by atoms with E-state index in [1.807, 2.05) is 25.8 Å². The van der Waals surface area contributed by atoms with Crippen LogP contribution in [0.1, 0.15) is 43.8 Å². The third-order valence-electron chi connectivity index (χ3n) is 3.62. The number of aryl methyl sites for hydroxylation is 1. The van der Waals surface area contributed by atoms with Crippen molar-refractivity contribution in [2.24, 2.45) is 0 Å². The summed E-state index contributed by atoms with van der Waals surface area (Å²) in [5.74, 6) is 1.01. The van der Waals surface area contributed by atoms with E-state index in [0.717, 1.165) is 23.6 Å². The maximum atomic E-state index is 9.59. The predicted molar refractivity (Wildman–Crippen MR) is 85.9 cm³/mol. The summed E-state index contributed by atoms with van der Waals surface area (Å²) >= 11 is 0. The van der Waals surface area contributed by atoms with E-state index >= 15 is 0 Å². The fraction of sp³-hybridized carbons (Fsp3) is 0.412. The minimum atomic E-state index is -0.0883. The van der Waals surface area contributed by atoms with Crippen molar-refractivity contribution in [1.82, 2.24) is 9.97 Å². The summed E-state index contributed by atoms with van der Waals surface area (Å²) in [5.41, 5.74) is 3.87. The molecule has 0 radical (unpaired) electrons. The van der Waals surface area contributed by atoms with Crippen molar-refractivity contribution < 1.29 is 5.11 Å². The number of aliphatic hydroxyl groups is 1. The van der Waals surface area contributed by atoms with Crippen molar-refractivity contribution in [1.29, 1.82) is 0 Å². The molecule has 4 heteroatoms. The van der Waals surface area contributed by atoms with Crippen LogP contribution in [0.15, 0.2) is 30.5 Å². The van der Waals surface area contributed by atoms with Gasteiger partial charge in [-0.25, -0.2) is 9.97 Å². The lowest BCUT2D eigenvalue weighted by Crippen LogP contribution is -2.15. The fourth-order valence-electron chi connectivity index (χ4n) is 2.20. The molecule has 0 aliphatic heterocycles. The zero-order valence-electron chi connectivity index (χ0n) is 13.2. The first-order valence-electron chi connectivity index (χ1n) is 7.36. The quantitative estimate of drug-likeness (QED) is 0.914. The standard InChI is InChI=1S/C17H23N3O/c1-5-13-6-8-14(9-7-13)20(4)16-10-18-17(12(2)3)19-15(16)11-21/h6-10,12,21H,5,11H2,1-4H3. The Bertz CT molecular complexity index is 593. The van der Waals surface area contributed by atoms with E-state index in [0.29, 0.717) is 5.69 Å². The number of aromatic nitrogens is 2. The number of aliphatic hydroxyl groups excluding tert-OH is 1. The summed E-state index contributed by atoms with van der Waals surface area (Å²) in [6, 6.07) is 8.40. The Balaban J connectivity index is 2.35. The zero-order valence-corrected chi connectivity index (χ0v) is 13.2. The van der Waals surface area contributed by atoms with Crippen molar-refractivity contribution in [2.75, 3.05) is 11.9 Å². The van der Waals surface area contributed by atoms with Gasteiger partial charge in [0.25, 0.3) is 0 Å². The number of benzene rings is 1. The van der Waals surface area contributed by atoms with Crippen molar-refractivity contribution in [2.45, 2.75) is 39.7 Å². The number of hydrogen-bond donors (Lipinski definition) is 1. The van der Waals surface area contributed by atoms with Gasteiger partial charge in [-0.2, -0.15) is 0 Å². The van der Waals surface area contributed by atoms with E-state index in [1.54, 1.807) is 6.20 Å².